The fourth-order valence-corrected chi connectivity index (χ4v) is 1.40. The molecule has 0 fully saturated rings. The van der Waals surface area contributed by atoms with Gasteiger partial charge in [0.15, 0.2) is 17.1 Å². The Morgan fingerprint density at radius 2 is 2.29 bits per heavy atom. The average molecular weight is 215 g/mol. The van der Waals surface area contributed by atoms with Crippen LogP contribution in [0.1, 0.15) is 11.7 Å². The zero-order valence-electron chi connectivity index (χ0n) is 7.04. The largest absolute Gasteiger partial charge is 0.479 e. The van der Waals surface area contributed by atoms with Crippen molar-refractivity contribution < 1.29 is 9.90 Å². The number of anilines is 1. The fourth-order valence-electron chi connectivity index (χ4n) is 0.823. The van der Waals surface area contributed by atoms with E-state index in [0.29, 0.717) is 0 Å². The molecule has 0 aliphatic rings. The number of aromatic nitrogens is 1. The van der Waals surface area contributed by atoms with E-state index in [4.69, 9.17) is 22.3 Å². The Kier molecular flexibility index (Phi) is 2.87. The summed E-state index contributed by atoms with van der Waals surface area (Å²) in [5.41, 5.74) is 15.7. The summed E-state index contributed by atoms with van der Waals surface area (Å²) in [6.07, 6.45) is 0. The maximum Gasteiger partial charge on any atom is 0.334 e. The third-order valence-electron chi connectivity index (χ3n) is 1.33. The van der Waals surface area contributed by atoms with E-state index in [1.807, 2.05) is 0 Å². The van der Waals surface area contributed by atoms with Crippen LogP contribution in [0.25, 0.3) is 0 Å². The summed E-state index contributed by atoms with van der Waals surface area (Å²) in [6.45, 7) is 0. The first-order chi connectivity index (χ1) is 6.50. The number of nitrogen functional groups attached to an aromatic ring is 1. The highest BCUT2D eigenvalue weighted by molar-refractivity contribution is 7.13. The molecule has 0 aromatic carbocycles. The van der Waals surface area contributed by atoms with Crippen molar-refractivity contribution >= 4 is 28.4 Å². The van der Waals surface area contributed by atoms with Crippen LogP contribution in [-0.2, 0) is 4.79 Å². The van der Waals surface area contributed by atoms with Crippen molar-refractivity contribution in [2.24, 2.45) is 16.5 Å². The summed E-state index contributed by atoms with van der Waals surface area (Å²) in [4.78, 5) is 18.1. The highest BCUT2D eigenvalue weighted by Crippen LogP contribution is 2.21. The van der Waals surface area contributed by atoms with Gasteiger partial charge < -0.3 is 22.3 Å². The summed E-state index contributed by atoms with van der Waals surface area (Å²) in [7, 11) is 0. The zero-order chi connectivity index (χ0) is 10.7. The summed E-state index contributed by atoms with van der Waals surface area (Å²) >= 11 is 1.13. The van der Waals surface area contributed by atoms with Crippen molar-refractivity contribution in [1.82, 2.24) is 4.98 Å². The topological polar surface area (TPSA) is 141 Å². The van der Waals surface area contributed by atoms with Gasteiger partial charge in [-0.2, -0.15) is 0 Å². The quantitative estimate of drug-likeness (QED) is 0.381. The standard InChI is InChI=1S/C6H9N5O2S/c7-5(8)11-3(4(12)13)2-1-14-6(9)10-2/h1,3H,(H2,9,10)(H,12,13)(H4,7,8,11). The molecule has 1 atom stereocenters. The number of carbonyl (C=O) groups is 1. The summed E-state index contributed by atoms with van der Waals surface area (Å²) in [5.74, 6) is -1.48. The maximum absolute atomic E-state index is 10.8. The van der Waals surface area contributed by atoms with Crippen LogP contribution in [0.4, 0.5) is 5.13 Å². The maximum atomic E-state index is 10.8. The first kappa shape index (κ1) is 10.3. The third kappa shape index (κ3) is 2.33. The number of carboxylic acid groups (broad SMARTS) is 1. The van der Waals surface area contributed by atoms with Gasteiger partial charge in [0, 0.05) is 5.38 Å². The fraction of sp³-hybridized carbons (Fsp3) is 0.167. The molecule has 1 heterocycles. The van der Waals surface area contributed by atoms with Crippen molar-refractivity contribution in [2.45, 2.75) is 6.04 Å². The van der Waals surface area contributed by atoms with E-state index in [1.54, 1.807) is 0 Å². The Balaban J connectivity index is 3.00. The molecule has 7 N–H and O–H groups in total. The van der Waals surface area contributed by atoms with Crippen LogP contribution < -0.4 is 17.2 Å². The number of hydrogen-bond donors (Lipinski definition) is 4. The van der Waals surface area contributed by atoms with Crippen molar-refractivity contribution in [1.29, 1.82) is 0 Å². The number of thiazole rings is 1. The molecule has 1 unspecified atom stereocenters. The Morgan fingerprint density at radius 3 is 2.64 bits per heavy atom. The number of nitrogens with zero attached hydrogens (tertiary/aromatic N) is 2. The molecule has 0 radical (unpaired) electrons. The van der Waals surface area contributed by atoms with Gasteiger partial charge in [-0.15, -0.1) is 11.3 Å². The van der Waals surface area contributed by atoms with Crippen LogP contribution in [-0.4, -0.2) is 22.0 Å². The van der Waals surface area contributed by atoms with E-state index in [2.05, 4.69) is 9.98 Å². The Morgan fingerprint density at radius 1 is 1.64 bits per heavy atom. The summed E-state index contributed by atoms with van der Waals surface area (Å²) < 4.78 is 0. The van der Waals surface area contributed by atoms with Gasteiger partial charge in [0.05, 0.1) is 5.69 Å². The van der Waals surface area contributed by atoms with Gasteiger partial charge in [-0.25, -0.2) is 14.8 Å². The lowest BCUT2D eigenvalue weighted by molar-refractivity contribution is -0.138. The molecular weight excluding hydrogens is 206 g/mol. The third-order valence-corrected chi connectivity index (χ3v) is 2.02. The first-order valence-electron chi connectivity index (χ1n) is 3.53. The van der Waals surface area contributed by atoms with Gasteiger partial charge in [-0.3, -0.25) is 0 Å². The van der Waals surface area contributed by atoms with Crippen LogP contribution in [0.2, 0.25) is 0 Å². The molecule has 8 heteroatoms. The SMILES string of the molecule is NC(N)=NC(C(=O)O)c1csc(N)n1. The van der Waals surface area contributed by atoms with Crippen LogP contribution in [0, 0.1) is 0 Å². The predicted octanol–water partition coefficient (Wildman–Crippen LogP) is -0.876. The second kappa shape index (κ2) is 3.92. The Hall–Kier alpha value is -1.83. The molecule has 1 aromatic heterocycles. The monoisotopic (exact) mass is 215 g/mol. The molecule has 14 heavy (non-hydrogen) atoms. The van der Waals surface area contributed by atoms with Gasteiger partial charge in [0.25, 0.3) is 0 Å². The van der Waals surface area contributed by atoms with Gasteiger partial charge in [0.2, 0.25) is 0 Å². The normalized spacial score (nSPS) is 12.0. The lowest BCUT2D eigenvalue weighted by atomic mass is 10.2. The minimum atomic E-state index is -1.19. The average Bonchev–Trinajstić information content (AvgIpc) is 2.46. The van der Waals surface area contributed by atoms with E-state index in [1.165, 1.54) is 5.38 Å². The second-order valence-electron chi connectivity index (χ2n) is 2.41. The molecule has 76 valence electrons. The van der Waals surface area contributed by atoms with Gasteiger partial charge in [-0.05, 0) is 0 Å². The van der Waals surface area contributed by atoms with E-state index in [-0.39, 0.29) is 16.8 Å². The van der Waals surface area contributed by atoms with E-state index >= 15 is 0 Å². The lowest BCUT2D eigenvalue weighted by Crippen LogP contribution is -2.25. The van der Waals surface area contributed by atoms with E-state index < -0.39 is 12.0 Å². The summed E-state index contributed by atoms with van der Waals surface area (Å²) in [6, 6.07) is -1.19. The second-order valence-corrected chi connectivity index (χ2v) is 3.30. The number of aliphatic imine (C=N–C) groups is 1. The number of rotatable bonds is 3. The number of carboxylic acids is 1. The lowest BCUT2D eigenvalue weighted by Gasteiger charge is -2.03. The Labute approximate surface area is 83.3 Å². The van der Waals surface area contributed by atoms with Crippen LogP contribution in [0.5, 0.6) is 0 Å². The van der Waals surface area contributed by atoms with Crippen molar-refractivity contribution in [2.75, 3.05) is 5.73 Å². The number of hydrogen-bond acceptors (Lipinski definition) is 5. The zero-order valence-corrected chi connectivity index (χ0v) is 7.86. The molecule has 0 spiro atoms. The van der Waals surface area contributed by atoms with Crippen molar-refractivity contribution in [3.63, 3.8) is 0 Å². The molecular formula is C6H9N5O2S. The molecule has 0 aliphatic carbocycles. The molecule has 1 aromatic rings. The van der Waals surface area contributed by atoms with Gasteiger partial charge >= 0.3 is 5.97 Å². The molecule has 0 aliphatic heterocycles. The predicted molar refractivity (Wildman–Crippen MR) is 52.7 cm³/mol. The number of guanidine groups is 1. The minimum absolute atomic E-state index is 0.230. The van der Waals surface area contributed by atoms with Crippen molar-refractivity contribution in [3.8, 4) is 0 Å². The minimum Gasteiger partial charge on any atom is -0.479 e. The first-order valence-corrected chi connectivity index (χ1v) is 4.41. The number of nitrogens with two attached hydrogens (primary N) is 3. The number of aliphatic carboxylic acids is 1. The van der Waals surface area contributed by atoms with Gasteiger partial charge in [0.1, 0.15) is 0 Å². The summed E-state index contributed by atoms with van der Waals surface area (Å²) in [5, 5.41) is 10.6. The molecule has 0 amide bonds. The smallest absolute Gasteiger partial charge is 0.334 e. The van der Waals surface area contributed by atoms with E-state index in [0.717, 1.165) is 11.3 Å². The molecule has 7 nitrogen and oxygen atoms in total. The Bertz CT molecular complexity index is 370. The van der Waals surface area contributed by atoms with Crippen LogP contribution >= 0.6 is 11.3 Å². The highest BCUT2D eigenvalue weighted by atomic mass is 32.1. The van der Waals surface area contributed by atoms with Gasteiger partial charge in [-0.1, -0.05) is 0 Å². The molecule has 0 saturated carbocycles. The van der Waals surface area contributed by atoms with Crippen molar-refractivity contribution in [3.05, 3.63) is 11.1 Å². The highest BCUT2D eigenvalue weighted by Gasteiger charge is 2.21. The van der Waals surface area contributed by atoms with Crippen LogP contribution in [0.15, 0.2) is 10.4 Å². The molecule has 0 bridgehead atoms. The molecule has 1 rings (SSSR count). The molecule has 0 saturated heterocycles. The van der Waals surface area contributed by atoms with E-state index in [9.17, 15) is 4.79 Å². The van der Waals surface area contributed by atoms with Crippen LogP contribution in [0.3, 0.4) is 0 Å².